The van der Waals surface area contributed by atoms with E-state index < -0.39 is 0 Å². The van der Waals surface area contributed by atoms with Gasteiger partial charge in [0, 0.05) is 24.0 Å². The van der Waals surface area contributed by atoms with Crippen LogP contribution in [0.5, 0.6) is 0 Å². The monoisotopic (exact) mass is 350 g/mol. The molecule has 3 rings (SSSR count). The molecule has 3 heterocycles. The molecule has 0 aromatic carbocycles. The fourth-order valence-electron chi connectivity index (χ4n) is 1.90. The van der Waals surface area contributed by atoms with Gasteiger partial charge in [0.05, 0.1) is 13.1 Å². The van der Waals surface area contributed by atoms with Crippen molar-refractivity contribution in [3.63, 3.8) is 0 Å². The van der Waals surface area contributed by atoms with Gasteiger partial charge < -0.3 is 4.57 Å². The van der Waals surface area contributed by atoms with Crippen molar-refractivity contribution in [2.45, 2.75) is 13.1 Å². The standard InChI is InChI=1S/C15H12Cl2N4S/c16-13-3-1-11(7-18-13)8-20-15-21(5-6-22-15)10-12-2-4-14(17)19-9-12/h1-7,9H,8,10H2. The Balaban J connectivity index is 1.77. The zero-order chi connectivity index (χ0) is 15.4. The van der Waals surface area contributed by atoms with E-state index in [-0.39, 0.29) is 0 Å². The lowest BCUT2D eigenvalue weighted by molar-refractivity contribution is 0.750. The summed E-state index contributed by atoms with van der Waals surface area (Å²) >= 11 is 13.2. The Morgan fingerprint density at radius 2 is 1.68 bits per heavy atom. The highest BCUT2D eigenvalue weighted by molar-refractivity contribution is 7.07. The van der Waals surface area contributed by atoms with Crippen molar-refractivity contribution in [2.75, 3.05) is 0 Å². The van der Waals surface area contributed by atoms with E-state index in [0.717, 1.165) is 15.9 Å². The van der Waals surface area contributed by atoms with E-state index in [1.165, 1.54) is 0 Å². The van der Waals surface area contributed by atoms with E-state index in [1.54, 1.807) is 35.9 Å². The molecule has 22 heavy (non-hydrogen) atoms. The van der Waals surface area contributed by atoms with E-state index in [4.69, 9.17) is 23.2 Å². The van der Waals surface area contributed by atoms with E-state index in [0.29, 0.717) is 23.4 Å². The molecule has 7 heteroatoms. The van der Waals surface area contributed by atoms with Gasteiger partial charge in [-0.25, -0.2) is 9.97 Å². The summed E-state index contributed by atoms with van der Waals surface area (Å²) in [7, 11) is 0. The highest BCUT2D eigenvalue weighted by Crippen LogP contribution is 2.08. The maximum atomic E-state index is 5.80. The van der Waals surface area contributed by atoms with Gasteiger partial charge in [-0.05, 0) is 23.3 Å². The van der Waals surface area contributed by atoms with Crippen molar-refractivity contribution in [2.24, 2.45) is 4.99 Å². The van der Waals surface area contributed by atoms with Crippen molar-refractivity contribution in [1.82, 2.24) is 14.5 Å². The maximum Gasteiger partial charge on any atom is 0.185 e. The first-order chi connectivity index (χ1) is 10.7. The van der Waals surface area contributed by atoms with Crippen LogP contribution >= 0.6 is 34.5 Å². The number of halogens is 2. The van der Waals surface area contributed by atoms with Crippen LogP contribution in [0.2, 0.25) is 10.3 Å². The topological polar surface area (TPSA) is 43.1 Å². The molecule has 0 bridgehead atoms. The average Bonchev–Trinajstić information content (AvgIpc) is 2.96. The second kappa shape index (κ2) is 7.05. The number of aromatic nitrogens is 3. The Kier molecular flexibility index (Phi) is 4.87. The van der Waals surface area contributed by atoms with Gasteiger partial charge in [-0.1, -0.05) is 35.3 Å². The lowest BCUT2D eigenvalue weighted by Gasteiger charge is -2.03. The molecular formula is C15H12Cl2N4S. The van der Waals surface area contributed by atoms with Gasteiger partial charge in [-0.15, -0.1) is 11.3 Å². The third kappa shape index (κ3) is 3.94. The first kappa shape index (κ1) is 15.2. The highest BCUT2D eigenvalue weighted by Gasteiger charge is 1.99. The summed E-state index contributed by atoms with van der Waals surface area (Å²) in [6.07, 6.45) is 5.53. The minimum absolute atomic E-state index is 0.491. The van der Waals surface area contributed by atoms with Crippen LogP contribution in [0, 0.1) is 0 Å². The second-order valence-corrected chi connectivity index (χ2v) is 6.26. The molecule has 0 unspecified atom stereocenters. The van der Waals surface area contributed by atoms with Gasteiger partial charge in [0.2, 0.25) is 0 Å². The van der Waals surface area contributed by atoms with E-state index in [9.17, 15) is 0 Å². The van der Waals surface area contributed by atoms with Crippen LogP contribution in [0.25, 0.3) is 0 Å². The number of thiazole rings is 1. The fraction of sp³-hybridized carbons (Fsp3) is 0.133. The predicted octanol–water partition coefficient (Wildman–Crippen LogP) is 3.80. The first-order valence-corrected chi connectivity index (χ1v) is 8.19. The number of rotatable bonds is 4. The van der Waals surface area contributed by atoms with Crippen molar-refractivity contribution in [3.05, 3.63) is 74.5 Å². The third-order valence-corrected chi connectivity index (χ3v) is 4.27. The van der Waals surface area contributed by atoms with Gasteiger partial charge in [-0.3, -0.25) is 4.99 Å². The Morgan fingerprint density at radius 1 is 1.00 bits per heavy atom. The first-order valence-electron chi connectivity index (χ1n) is 6.56. The summed E-state index contributed by atoms with van der Waals surface area (Å²) < 4.78 is 2.08. The fourth-order valence-corrected chi connectivity index (χ4v) is 2.85. The summed E-state index contributed by atoms with van der Waals surface area (Å²) in [5, 5.41) is 3.01. The molecule has 0 spiro atoms. The molecule has 0 saturated heterocycles. The Morgan fingerprint density at radius 3 is 2.32 bits per heavy atom. The smallest absolute Gasteiger partial charge is 0.185 e. The molecule has 0 aliphatic carbocycles. The molecule has 4 nitrogen and oxygen atoms in total. The molecule has 112 valence electrons. The summed E-state index contributed by atoms with van der Waals surface area (Å²) in [6, 6.07) is 7.46. The largest absolute Gasteiger partial charge is 0.319 e. The van der Waals surface area contributed by atoms with E-state index in [2.05, 4.69) is 19.5 Å². The molecule has 3 aromatic rings. The molecule has 0 N–H and O–H groups in total. The summed E-state index contributed by atoms with van der Waals surface area (Å²) in [5.74, 6) is 0. The number of pyridine rings is 2. The molecule has 3 aromatic heterocycles. The quantitative estimate of drug-likeness (QED) is 0.671. The van der Waals surface area contributed by atoms with Crippen molar-refractivity contribution in [3.8, 4) is 0 Å². The van der Waals surface area contributed by atoms with Crippen LogP contribution < -0.4 is 4.80 Å². The number of hydrogen-bond acceptors (Lipinski definition) is 4. The third-order valence-electron chi connectivity index (χ3n) is 2.99. The minimum Gasteiger partial charge on any atom is -0.319 e. The Hall–Kier alpha value is -1.69. The van der Waals surface area contributed by atoms with Crippen molar-refractivity contribution < 1.29 is 0 Å². The Bertz CT molecular complexity index is 807. The maximum absolute atomic E-state index is 5.80. The van der Waals surface area contributed by atoms with Crippen LogP contribution in [0.15, 0.2) is 53.2 Å². The Labute approximate surface area is 141 Å². The average molecular weight is 351 g/mol. The second-order valence-electron chi connectivity index (χ2n) is 4.61. The van der Waals surface area contributed by atoms with Crippen LogP contribution in [0.3, 0.4) is 0 Å². The summed E-state index contributed by atoms with van der Waals surface area (Å²) in [5.41, 5.74) is 2.11. The molecule has 0 atom stereocenters. The van der Waals surface area contributed by atoms with Gasteiger partial charge in [-0.2, -0.15) is 0 Å². The lowest BCUT2D eigenvalue weighted by Crippen LogP contribution is -2.15. The van der Waals surface area contributed by atoms with Crippen LogP contribution in [0.1, 0.15) is 11.1 Å². The molecular weight excluding hydrogens is 339 g/mol. The van der Waals surface area contributed by atoms with Crippen LogP contribution in [-0.2, 0) is 13.1 Å². The highest BCUT2D eigenvalue weighted by atomic mass is 35.5. The molecule has 0 saturated carbocycles. The number of hydrogen-bond donors (Lipinski definition) is 0. The molecule has 0 aliphatic rings. The van der Waals surface area contributed by atoms with E-state index >= 15 is 0 Å². The zero-order valence-electron chi connectivity index (χ0n) is 11.5. The van der Waals surface area contributed by atoms with Crippen LogP contribution in [-0.4, -0.2) is 14.5 Å². The zero-order valence-corrected chi connectivity index (χ0v) is 13.8. The number of nitrogens with zero attached hydrogens (tertiary/aromatic N) is 4. The summed E-state index contributed by atoms with van der Waals surface area (Å²) in [4.78, 5) is 13.7. The normalized spacial score (nSPS) is 11.8. The van der Waals surface area contributed by atoms with Crippen molar-refractivity contribution in [1.29, 1.82) is 0 Å². The predicted molar refractivity (Wildman–Crippen MR) is 89.2 cm³/mol. The lowest BCUT2D eigenvalue weighted by atomic mass is 10.3. The van der Waals surface area contributed by atoms with Gasteiger partial charge >= 0.3 is 0 Å². The molecule has 0 aliphatic heterocycles. The molecule has 0 amide bonds. The SMILES string of the molecule is Clc1ccc(CN=c2sccn2Cc2ccc(Cl)nc2)cn1. The van der Waals surface area contributed by atoms with Gasteiger partial charge in [0.1, 0.15) is 10.3 Å². The van der Waals surface area contributed by atoms with Crippen molar-refractivity contribution >= 4 is 34.5 Å². The minimum atomic E-state index is 0.491. The molecule has 0 radical (unpaired) electrons. The van der Waals surface area contributed by atoms with Gasteiger partial charge in [0.15, 0.2) is 4.80 Å². The van der Waals surface area contributed by atoms with Crippen LogP contribution in [0.4, 0.5) is 0 Å². The van der Waals surface area contributed by atoms with Gasteiger partial charge in [0.25, 0.3) is 0 Å². The molecule has 0 fully saturated rings. The van der Waals surface area contributed by atoms with E-state index in [1.807, 2.05) is 23.7 Å². The summed E-state index contributed by atoms with van der Waals surface area (Å²) in [6.45, 7) is 1.29.